The first-order valence-electron chi connectivity index (χ1n) is 9.53. The molecule has 1 saturated carbocycles. The van der Waals surface area contributed by atoms with E-state index in [2.05, 4.69) is 10.1 Å². The summed E-state index contributed by atoms with van der Waals surface area (Å²) in [6.45, 7) is 1.86. The van der Waals surface area contributed by atoms with E-state index >= 15 is 0 Å². The summed E-state index contributed by atoms with van der Waals surface area (Å²) in [5.74, 6) is -3.03. The van der Waals surface area contributed by atoms with Gasteiger partial charge >= 0.3 is 0 Å². The van der Waals surface area contributed by atoms with Gasteiger partial charge in [0, 0.05) is 59.4 Å². The number of fused-ring (bicyclic) bond motifs is 2. The zero-order chi connectivity index (χ0) is 20.3. The van der Waals surface area contributed by atoms with Crippen LogP contribution in [0.1, 0.15) is 29.2 Å². The predicted octanol–water partition coefficient (Wildman–Crippen LogP) is 4.67. The molecule has 0 saturated heterocycles. The van der Waals surface area contributed by atoms with Gasteiger partial charge in [0.15, 0.2) is 5.65 Å². The maximum absolute atomic E-state index is 13.4. The monoisotopic (exact) mass is 414 g/mol. The highest BCUT2D eigenvalue weighted by atomic mass is 32.1. The molecule has 0 aliphatic heterocycles. The Hall–Kier alpha value is -2.45. The number of pyridine rings is 2. The highest BCUT2D eigenvalue weighted by Crippen LogP contribution is 2.51. The maximum atomic E-state index is 13.4. The second kappa shape index (κ2) is 6.53. The van der Waals surface area contributed by atoms with Crippen molar-refractivity contribution in [2.24, 2.45) is 13.0 Å². The lowest BCUT2D eigenvalue weighted by Crippen LogP contribution is -2.39. The first-order valence-corrected chi connectivity index (χ1v) is 10.3. The van der Waals surface area contributed by atoms with Crippen molar-refractivity contribution >= 4 is 32.6 Å². The molecule has 1 aliphatic carbocycles. The number of aliphatic hydroxyl groups excluding tert-OH is 1. The lowest BCUT2D eigenvalue weighted by atomic mass is 9.72. The molecule has 0 radical (unpaired) electrons. The van der Waals surface area contributed by atoms with Crippen molar-refractivity contribution in [1.82, 2.24) is 19.7 Å². The summed E-state index contributed by atoms with van der Waals surface area (Å²) < 4.78 is 28.4. The highest BCUT2D eigenvalue weighted by molar-refractivity contribution is 7.19. The fraction of sp³-hybridized carbons (Fsp3) is 0.381. The van der Waals surface area contributed by atoms with Gasteiger partial charge in [-0.3, -0.25) is 4.68 Å². The summed E-state index contributed by atoms with van der Waals surface area (Å²) in [7, 11) is 1.86. The number of nitrogens with zero attached hydrogens (tertiary/aromatic N) is 4. The molecule has 150 valence electrons. The third kappa shape index (κ3) is 3.11. The Morgan fingerprint density at radius 2 is 2.14 bits per heavy atom. The van der Waals surface area contributed by atoms with E-state index in [1.165, 1.54) is 11.3 Å². The van der Waals surface area contributed by atoms with Crippen molar-refractivity contribution in [1.29, 1.82) is 0 Å². The van der Waals surface area contributed by atoms with E-state index in [1.54, 1.807) is 10.9 Å². The Balaban J connectivity index is 1.53. The maximum Gasteiger partial charge on any atom is 0.248 e. The van der Waals surface area contributed by atoms with Crippen LogP contribution in [0, 0.1) is 12.8 Å². The number of halogens is 2. The zero-order valence-corrected chi connectivity index (χ0v) is 16.9. The van der Waals surface area contributed by atoms with Gasteiger partial charge < -0.3 is 5.11 Å². The average molecular weight is 414 g/mol. The minimum absolute atomic E-state index is 0.122. The molecule has 4 heterocycles. The molecule has 1 atom stereocenters. The van der Waals surface area contributed by atoms with Crippen molar-refractivity contribution in [2.75, 3.05) is 6.61 Å². The third-order valence-electron chi connectivity index (χ3n) is 5.83. The number of hydrogen-bond donors (Lipinski definition) is 1. The molecular weight excluding hydrogens is 394 g/mol. The summed E-state index contributed by atoms with van der Waals surface area (Å²) in [5, 5.41) is 16.1. The van der Waals surface area contributed by atoms with Crippen molar-refractivity contribution in [2.45, 2.75) is 31.6 Å². The zero-order valence-electron chi connectivity index (χ0n) is 16.1. The summed E-state index contributed by atoms with van der Waals surface area (Å²) in [5.41, 5.74) is 3.42. The Morgan fingerprint density at radius 1 is 1.34 bits per heavy atom. The number of aliphatic hydroxyl groups is 1. The lowest BCUT2D eigenvalue weighted by molar-refractivity contribution is -0.120. The topological polar surface area (TPSA) is 63.8 Å². The van der Waals surface area contributed by atoms with Crippen LogP contribution in [0.5, 0.6) is 0 Å². The van der Waals surface area contributed by atoms with Gasteiger partial charge in [0.25, 0.3) is 0 Å². The van der Waals surface area contributed by atoms with E-state index in [1.807, 2.05) is 38.4 Å². The fourth-order valence-corrected chi connectivity index (χ4v) is 5.61. The molecule has 8 heteroatoms. The molecule has 0 bridgehead atoms. The van der Waals surface area contributed by atoms with E-state index in [9.17, 15) is 13.9 Å². The van der Waals surface area contributed by atoms with Gasteiger partial charge in [0.1, 0.15) is 4.83 Å². The summed E-state index contributed by atoms with van der Waals surface area (Å²) in [6.07, 6.45) is 3.37. The van der Waals surface area contributed by atoms with Crippen LogP contribution in [0.15, 0.2) is 30.6 Å². The van der Waals surface area contributed by atoms with Gasteiger partial charge in [-0.15, -0.1) is 11.3 Å². The van der Waals surface area contributed by atoms with Crippen LogP contribution in [0.3, 0.4) is 0 Å². The van der Waals surface area contributed by atoms with Crippen molar-refractivity contribution in [3.63, 3.8) is 0 Å². The van der Waals surface area contributed by atoms with Gasteiger partial charge in [-0.05, 0) is 36.6 Å². The Labute approximate surface area is 170 Å². The molecule has 1 N–H and O–H groups in total. The molecule has 4 aromatic rings. The second-order valence-electron chi connectivity index (χ2n) is 7.89. The van der Waals surface area contributed by atoms with E-state index in [0.717, 1.165) is 37.3 Å². The van der Waals surface area contributed by atoms with Crippen LogP contribution in [-0.2, 0) is 7.05 Å². The molecule has 5 nitrogen and oxygen atoms in total. The van der Waals surface area contributed by atoms with Crippen molar-refractivity contribution < 1.29 is 13.9 Å². The van der Waals surface area contributed by atoms with Crippen LogP contribution < -0.4 is 0 Å². The molecular formula is C21H20F2N4OS. The van der Waals surface area contributed by atoms with E-state index in [0.29, 0.717) is 5.65 Å². The predicted molar refractivity (Wildman–Crippen MR) is 109 cm³/mol. The second-order valence-corrected chi connectivity index (χ2v) is 8.92. The van der Waals surface area contributed by atoms with Crippen LogP contribution in [0.4, 0.5) is 8.78 Å². The Bertz CT molecular complexity index is 1220. The van der Waals surface area contributed by atoms with Gasteiger partial charge in [0.05, 0.1) is 12.3 Å². The third-order valence-corrected chi connectivity index (χ3v) is 7.17. The quantitative estimate of drug-likeness (QED) is 0.527. The largest absolute Gasteiger partial charge is 0.396 e. The SMILES string of the molecule is Cc1c([C@@H](CO)C2CC(F)(F)C2)sc2nc(-c3cnc4nn(C)cc4c3)ccc12. The molecule has 0 aromatic carbocycles. The number of rotatable bonds is 4. The smallest absolute Gasteiger partial charge is 0.248 e. The molecule has 4 aromatic heterocycles. The first-order chi connectivity index (χ1) is 13.8. The molecule has 1 fully saturated rings. The minimum Gasteiger partial charge on any atom is -0.396 e. The van der Waals surface area contributed by atoms with Crippen LogP contribution in [0.25, 0.3) is 32.5 Å². The Kier molecular flexibility index (Phi) is 4.18. The van der Waals surface area contributed by atoms with Gasteiger partial charge in [-0.1, -0.05) is 0 Å². The standard InChI is InChI=1S/C21H20F2N4OS/c1-11-15-3-4-17(12-5-13-9-27(2)26-19(13)24-8-12)25-20(15)29-18(11)16(10-28)14-6-21(22,23)7-14/h3-5,8-9,14,16,28H,6-7,10H2,1-2H3/t16-/m0/s1. The van der Waals surface area contributed by atoms with Crippen LogP contribution >= 0.6 is 11.3 Å². The fourth-order valence-electron chi connectivity index (χ4n) is 4.24. The molecule has 0 unspecified atom stereocenters. The van der Waals surface area contributed by atoms with Crippen LogP contribution in [-0.4, -0.2) is 37.4 Å². The molecule has 29 heavy (non-hydrogen) atoms. The minimum atomic E-state index is -2.59. The number of aryl methyl sites for hydroxylation is 2. The van der Waals surface area contributed by atoms with Crippen molar-refractivity contribution in [3.8, 4) is 11.3 Å². The van der Waals surface area contributed by atoms with Crippen molar-refractivity contribution in [3.05, 3.63) is 41.0 Å². The van der Waals surface area contributed by atoms with E-state index in [4.69, 9.17) is 4.98 Å². The van der Waals surface area contributed by atoms with Crippen LogP contribution in [0.2, 0.25) is 0 Å². The lowest BCUT2D eigenvalue weighted by Gasteiger charge is -2.39. The van der Waals surface area contributed by atoms with Gasteiger partial charge in [-0.25, -0.2) is 18.7 Å². The molecule has 5 rings (SSSR count). The Morgan fingerprint density at radius 3 is 2.86 bits per heavy atom. The summed E-state index contributed by atoms with van der Waals surface area (Å²) >= 11 is 1.50. The van der Waals surface area contributed by atoms with E-state index < -0.39 is 5.92 Å². The van der Waals surface area contributed by atoms with Gasteiger partial charge in [-0.2, -0.15) is 5.10 Å². The molecule has 1 aliphatic rings. The van der Waals surface area contributed by atoms with E-state index in [-0.39, 0.29) is 31.3 Å². The number of hydrogen-bond acceptors (Lipinski definition) is 5. The highest BCUT2D eigenvalue weighted by Gasteiger charge is 2.49. The molecule has 0 amide bonds. The summed E-state index contributed by atoms with van der Waals surface area (Å²) in [4.78, 5) is 11.0. The number of thiophene rings is 1. The normalized spacial score (nSPS) is 17.7. The van der Waals surface area contributed by atoms with Gasteiger partial charge in [0.2, 0.25) is 5.92 Å². The number of aromatic nitrogens is 4. The first kappa shape index (κ1) is 18.6. The summed E-state index contributed by atoms with van der Waals surface area (Å²) in [6, 6.07) is 5.98. The average Bonchev–Trinajstić information content (AvgIpc) is 3.19. The molecule has 0 spiro atoms. The number of alkyl halides is 2.